The number of aromatic nitrogens is 2. The molecule has 1 unspecified atom stereocenters. The molecular formula is C23H30ClN7O2. The van der Waals surface area contributed by atoms with Crippen molar-refractivity contribution in [3.8, 4) is 0 Å². The van der Waals surface area contributed by atoms with Gasteiger partial charge in [0.1, 0.15) is 5.84 Å². The Balaban J connectivity index is 1.71. The van der Waals surface area contributed by atoms with Crippen molar-refractivity contribution in [1.82, 2.24) is 20.2 Å². The number of hydrogen-bond acceptors (Lipinski definition) is 7. The molecule has 1 amide bonds. The molecule has 0 radical (unpaired) electrons. The van der Waals surface area contributed by atoms with Gasteiger partial charge in [-0.05, 0) is 49.1 Å². The molecule has 1 aliphatic rings. The number of nitrogens with zero attached hydrogens (tertiary/aromatic N) is 6. The smallest absolute Gasteiger partial charge is 0.246 e. The average Bonchev–Trinajstić information content (AvgIpc) is 3.28. The van der Waals surface area contributed by atoms with Crippen LogP contribution >= 0.6 is 11.6 Å². The molecule has 1 fully saturated rings. The number of rotatable bonds is 8. The minimum Gasteiger partial charge on any atom is -0.386 e. The van der Waals surface area contributed by atoms with Gasteiger partial charge in [-0.2, -0.15) is 15.2 Å². The minimum atomic E-state index is -0.0706. The SMILES string of the molecule is C=NN(Cc1cc(Cl)ccc1/C=C/C(=O)N1CCCC(c2nc(C(C)C)no2)C1)/N=C(/C)N. The molecule has 3 rings (SSSR count). The van der Waals surface area contributed by atoms with E-state index in [4.69, 9.17) is 21.9 Å². The Hall–Kier alpha value is -3.20. The fourth-order valence-corrected chi connectivity index (χ4v) is 3.81. The monoisotopic (exact) mass is 471 g/mol. The molecule has 33 heavy (non-hydrogen) atoms. The number of carbonyl (C=O) groups excluding carboxylic acids is 1. The average molecular weight is 472 g/mol. The number of halogens is 1. The molecule has 0 spiro atoms. The highest BCUT2D eigenvalue weighted by Crippen LogP contribution is 2.27. The highest BCUT2D eigenvalue weighted by molar-refractivity contribution is 6.30. The highest BCUT2D eigenvalue weighted by Gasteiger charge is 2.28. The summed E-state index contributed by atoms with van der Waals surface area (Å²) in [6.07, 6.45) is 5.15. The van der Waals surface area contributed by atoms with Crippen molar-refractivity contribution in [3.63, 3.8) is 0 Å². The second-order valence-electron chi connectivity index (χ2n) is 8.36. The van der Waals surface area contributed by atoms with Gasteiger partial charge in [-0.1, -0.05) is 36.7 Å². The van der Waals surface area contributed by atoms with Crippen molar-refractivity contribution >= 4 is 36.1 Å². The number of likely N-dealkylation sites (tertiary alicyclic amines) is 1. The summed E-state index contributed by atoms with van der Waals surface area (Å²) in [4.78, 5) is 19.3. The van der Waals surface area contributed by atoms with E-state index < -0.39 is 0 Å². The molecule has 1 saturated heterocycles. The first-order chi connectivity index (χ1) is 15.8. The Labute approximate surface area is 199 Å². The molecule has 10 heteroatoms. The third kappa shape index (κ3) is 6.64. The summed E-state index contributed by atoms with van der Waals surface area (Å²) in [6.45, 7) is 10.8. The van der Waals surface area contributed by atoms with Crippen molar-refractivity contribution in [3.05, 3.63) is 52.1 Å². The summed E-state index contributed by atoms with van der Waals surface area (Å²) in [6, 6.07) is 5.44. The third-order valence-electron chi connectivity index (χ3n) is 5.31. The van der Waals surface area contributed by atoms with E-state index in [1.807, 2.05) is 30.9 Å². The van der Waals surface area contributed by atoms with E-state index in [-0.39, 0.29) is 17.7 Å². The van der Waals surface area contributed by atoms with Crippen LogP contribution in [0, 0.1) is 0 Å². The van der Waals surface area contributed by atoms with Gasteiger partial charge in [0.2, 0.25) is 11.8 Å². The van der Waals surface area contributed by atoms with Crippen LogP contribution in [0.15, 0.2) is 39.0 Å². The van der Waals surface area contributed by atoms with Gasteiger partial charge in [-0.3, -0.25) is 4.79 Å². The van der Waals surface area contributed by atoms with Gasteiger partial charge in [0.25, 0.3) is 0 Å². The molecule has 9 nitrogen and oxygen atoms in total. The lowest BCUT2D eigenvalue weighted by Crippen LogP contribution is -2.38. The number of amides is 1. The van der Waals surface area contributed by atoms with Crippen LogP contribution in [-0.2, 0) is 11.3 Å². The van der Waals surface area contributed by atoms with Crippen LogP contribution in [0.1, 0.15) is 68.3 Å². The standard InChI is InChI=1S/C23H30ClN7O2/c1-15(2)22-27-23(33-29-22)18-6-5-11-30(13-18)21(32)10-8-17-7-9-20(24)12-19(17)14-31(26-4)28-16(3)25/h7-10,12,15,18H,4-6,11,13-14H2,1-3H3,(H2,25,28)/b10-8+. The van der Waals surface area contributed by atoms with Crippen molar-refractivity contribution in [2.45, 2.75) is 52.0 Å². The quantitative estimate of drug-likeness (QED) is 0.269. The lowest BCUT2D eigenvalue weighted by Gasteiger charge is -2.30. The van der Waals surface area contributed by atoms with E-state index >= 15 is 0 Å². The fraction of sp³-hybridized carbons (Fsp3) is 0.435. The highest BCUT2D eigenvalue weighted by atomic mass is 35.5. The Bertz CT molecular complexity index is 1040. The Kier molecular flexibility index (Phi) is 8.21. The van der Waals surface area contributed by atoms with Crippen LogP contribution in [0.25, 0.3) is 6.08 Å². The molecule has 0 saturated carbocycles. The zero-order chi connectivity index (χ0) is 24.0. The van der Waals surface area contributed by atoms with E-state index in [0.29, 0.717) is 42.2 Å². The molecule has 0 bridgehead atoms. The second kappa shape index (κ2) is 11.1. The van der Waals surface area contributed by atoms with Crippen molar-refractivity contribution in [2.24, 2.45) is 15.9 Å². The zero-order valence-electron chi connectivity index (χ0n) is 19.2. The molecule has 176 valence electrons. The molecule has 2 heterocycles. The van der Waals surface area contributed by atoms with Crippen LogP contribution in [0.2, 0.25) is 5.02 Å². The number of hydrazone groups is 2. The maximum atomic E-state index is 12.9. The molecule has 0 aliphatic carbocycles. The van der Waals surface area contributed by atoms with Gasteiger partial charge in [0.15, 0.2) is 5.82 Å². The molecule has 2 N–H and O–H groups in total. The minimum absolute atomic E-state index is 0.0479. The van der Waals surface area contributed by atoms with Gasteiger partial charge in [0.05, 0.1) is 12.5 Å². The first-order valence-electron chi connectivity index (χ1n) is 10.9. The Morgan fingerprint density at radius 3 is 2.94 bits per heavy atom. The number of amidine groups is 1. The predicted molar refractivity (Wildman–Crippen MR) is 130 cm³/mol. The van der Waals surface area contributed by atoms with Crippen LogP contribution in [0.5, 0.6) is 0 Å². The topological polar surface area (TPSA) is 113 Å². The van der Waals surface area contributed by atoms with Crippen molar-refractivity contribution in [2.75, 3.05) is 13.1 Å². The van der Waals surface area contributed by atoms with Gasteiger partial charge in [-0.25, -0.2) is 0 Å². The van der Waals surface area contributed by atoms with Crippen LogP contribution < -0.4 is 5.73 Å². The van der Waals surface area contributed by atoms with E-state index in [9.17, 15) is 4.79 Å². The summed E-state index contributed by atoms with van der Waals surface area (Å²) in [5.74, 6) is 1.84. The van der Waals surface area contributed by atoms with Gasteiger partial charge >= 0.3 is 0 Å². The number of piperidine rings is 1. The summed E-state index contributed by atoms with van der Waals surface area (Å²) < 4.78 is 5.46. The molecule has 2 aromatic rings. The normalized spacial score (nSPS) is 17.1. The van der Waals surface area contributed by atoms with Gasteiger partial charge in [0, 0.05) is 36.8 Å². The van der Waals surface area contributed by atoms with Crippen molar-refractivity contribution < 1.29 is 9.32 Å². The number of hydrogen-bond donors (Lipinski definition) is 1. The number of nitrogens with two attached hydrogens (primary N) is 1. The van der Waals surface area contributed by atoms with E-state index in [2.05, 4.69) is 27.1 Å². The molecule has 1 aromatic heterocycles. The van der Waals surface area contributed by atoms with Gasteiger partial charge in [-0.15, -0.1) is 5.10 Å². The summed E-state index contributed by atoms with van der Waals surface area (Å²) >= 11 is 6.18. The molecule has 1 atom stereocenters. The molecule has 1 aliphatic heterocycles. The third-order valence-corrected chi connectivity index (χ3v) is 5.55. The maximum absolute atomic E-state index is 12.9. The summed E-state index contributed by atoms with van der Waals surface area (Å²) in [5.41, 5.74) is 7.33. The van der Waals surface area contributed by atoms with E-state index in [1.165, 1.54) is 5.12 Å². The Morgan fingerprint density at radius 2 is 2.27 bits per heavy atom. The van der Waals surface area contributed by atoms with Crippen LogP contribution in [0.4, 0.5) is 0 Å². The number of benzene rings is 1. The summed E-state index contributed by atoms with van der Waals surface area (Å²) in [5, 5.41) is 14.0. The van der Waals surface area contributed by atoms with Crippen LogP contribution in [0.3, 0.4) is 0 Å². The van der Waals surface area contributed by atoms with Gasteiger partial charge < -0.3 is 15.2 Å². The second-order valence-corrected chi connectivity index (χ2v) is 8.80. The predicted octanol–water partition coefficient (Wildman–Crippen LogP) is 3.98. The lowest BCUT2D eigenvalue weighted by molar-refractivity contribution is -0.127. The zero-order valence-corrected chi connectivity index (χ0v) is 20.0. The fourth-order valence-electron chi connectivity index (χ4n) is 3.62. The van der Waals surface area contributed by atoms with E-state index in [1.54, 1.807) is 25.1 Å². The van der Waals surface area contributed by atoms with E-state index in [0.717, 1.165) is 24.0 Å². The summed E-state index contributed by atoms with van der Waals surface area (Å²) in [7, 11) is 0. The lowest BCUT2D eigenvalue weighted by atomic mass is 9.97. The first-order valence-corrected chi connectivity index (χ1v) is 11.3. The first kappa shape index (κ1) is 24.4. The van der Waals surface area contributed by atoms with Crippen molar-refractivity contribution in [1.29, 1.82) is 0 Å². The molecular weight excluding hydrogens is 442 g/mol. The number of carbonyl (C=O) groups is 1. The maximum Gasteiger partial charge on any atom is 0.246 e. The van der Waals surface area contributed by atoms with Crippen LogP contribution in [-0.4, -0.2) is 51.7 Å². The Morgan fingerprint density at radius 1 is 1.48 bits per heavy atom. The largest absolute Gasteiger partial charge is 0.386 e. The molecule has 1 aromatic carbocycles.